The van der Waals surface area contributed by atoms with Crippen LogP contribution in [0.2, 0.25) is 0 Å². The number of pyridine rings is 2. The van der Waals surface area contributed by atoms with E-state index in [-0.39, 0.29) is 0 Å². The zero-order valence-electron chi connectivity index (χ0n) is 46.2. The van der Waals surface area contributed by atoms with Gasteiger partial charge in [0.2, 0.25) is 0 Å². The first-order chi connectivity index (χ1) is 39.1. The lowest BCUT2D eigenvalue weighted by Gasteiger charge is -2.20. The van der Waals surface area contributed by atoms with Crippen molar-refractivity contribution in [3.05, 3.63) is 247 Å². The van der Waals surface area contributed by atoms with Crippen LogP contribution >= 0.6 is 0 Å². The summed E-state index contributed by atoms with van der Waals surface area (Å²) < 4.78 is 4.74. The molecule has 14 aromatic rings. The molecule has 386 valence electrons. The average molecular weight is 1030 g/mol. The minimum absolute atomic E-state index is 0.367. The Bertz CT molecular complexity index is 4680. The Morgan fingerprint density at radius 3 is 1.84 bits per heavy atom. The van der Waals surface area contributed by atoms with Gasteiger partial charge in [0.1, 0.15) is 11.6 Å². The molecule has 0 fully saturated rings. The van der Waals surface area contributed by atoms with E-state index in [1.54, 1.807) is 0 Å². The molecule has 0 aliphatic carbocycles. The minimum Gasteiger partial charge on any atom is -0.354 e. The molecule has 0 saturated carbocycles. The van der Waals surface area contributed by atoms with Crippen molar-refractivity contribution in [3.8, 4) is 78.5 Å². The van der Waals surface area contributed by atoms with Crippen LogP contribution < -0.4 is 0 Å². The molecule has 9 aromatic carbocycles. The van der Waals surface area contributed by atoms with Gasteiger partial charge in [0.05, 0.1) is 27.6 Å². The monoisotopic (exact) mass is 1030 g/mol. The molecule has 1 N–H and O–H groups in total. The summed E-state index contributed by atoms with van der Waals surface area (Å²) in [5.41, 5.74) is 26.3. The van der Waals surface area contributed by atoms with Crippen LogP contribution in [0.3, 0.4) is 0 Å². The summed E-state index contributed by atoms with van der Waals surface area (Å²) in [6.45, 7) is 15.9. The number of nitrogens with zero attached hydrogens (tertiary/aromatic N) is 5. The van der Waals surface area contributed by atoms with Crippen molar-refractivity contribution in [2.24, 2.45) is 0 Å². The summed E-state index contributed by atoms with van der Waals surface area (Å²) in [6.07, 6.45) is 5.60. The maximum atomic E-state index is 5.95. The van der Waals surface area contributed by atoms with Crippen molar-refractivity contribution in [3.63, 3.8) is 0 Å². The molecule has 0 amide bonds. The number of fused-ring (bicyclic) bond motifs is 7. The van der Waals surface area contributed by atoms with Gasteiger partial charge >= 0.3 is 0 Å². The number of nitrogens with one attached hydrogen (secondary N) is 1. The van der Waals surface area contributed by atoms with Crippen LogP contribution in [0.15, 0.2) is 219 Å². The van der Waals surface area contributed by atoms with E-state index >= 15 is 0 Å². The van der Waals surface area contributed by atoms with E-state index in [2.05, 4.69) is 268 Å². The Balaban J connectivity index is 1.07. The number of aromatic amines is 1. The van der Waals surface area contributed by atoms with Crippen LogP contribution in [0.1, 0.15) is 67.3 Å². The SMILES string of the molecule is Cc1cc(C)c(-c2cc(-c3ccc4c5ccccc5n(-c5cc(-c6ccncc6)ccn5)c4c3)c3nc(-c4cccc5c4[nH]c4cccc(-c6ccccc6)c45)n(-c4ccc(-c5c(C(C)C)cccc5C(C)C)cc4)c3c2)c(C)c1. The standard InChI is InChI=1S/C74H60N6/c1-44(2)56-19-13-20-57(45(3)4)70(56)51-26-29-55(30-27-51)79-67-42-54(69-47(6)38-46(5)39-48(69)7)40-63(73(67)78-74(79)62-23-14-22-61-71-58(50-16-9-8-10-17-50)21-15-24-64(71)77-72(61)62)53-28-31-60-59-18-11-12-25-65(59)80(66(60)41-53)68-43-52(34-37-76-68)49-32-35-75-36-33-49/h8-45,77H,1-7H3. The van der Waals surface area contributed by atoms with Crippen molar-refractivity contribution in [1.82, 2.24) is 29.1 Å². The van der Waals surface area contributed by atoms with E-state index in [9.17, 15) is 0 Å². The quantitative estimate of drug-likeness (QED) is 0.148. The third kappa shape index (κ3) is 8.04. The Morgan fingerprint density at radius 2 is 1.07 bits per heavy atom. The topological polar surface area (TPSA) is 64.3 Å². The van der Waals surface area contributed by atoms with Gasteiger partial charge in [-0.1, -0.05) is 161 Å². The molecule has 0 radical (unpaired) electrons. The van der Waals surface area contributed by atoms with Crippen LogP contribution in [0, 0.1) is 20.8 Å². The van der Waals surface area contributed by atoms with Gasteiger partial charge in [0.15, 0.2) is 0 Å². The molecular weight excluding hydrogens is 973 g/mol. The highest BCUT2D eigenvalue weighted by Crippen LogP contribution is 2.45. The van der Waals surface area contributed by atoms with Gasteiger partial charge in [-0.25, -0.2) is 9.97 Å². The molecule has 6 nitrogen and oxygen atoms in total. The van der Waals surface area contributed by atoms with E-state index in [1.807, 2.05) is 18.6 Å². The number of benzene rings is 9. The predicted octanol–water partition coefficient (Wildman–Crippen LogP) is 19.7. The third-order valence-corrected chi connectivity index (χ3v) is 16.5. The van der Waals surface area contributed by atoms with Crippen LogP contribution in [-0.4, -0.2) is 29.1 Å². The maximum absolute atomic E-state index is 5.95. The van der Waals surface area contributed by atoms with E-state index in [1.165, 1.54) is 66.4 Å². The maximum Gasteiger partial charge on any atom is 0.147 e. The number of hydrogen-bond acceptors (Lipinski definition) is 3. The van der Waals surface area contributed by atoms with Crippen molar-refractivity contribution in [1.29, 1.82) is 0 Å². The van der Waals surface area contributed by atoms with Gasteiger partial charge in [0.25, 0.3) is 0 Å². The zero-order valence-corrected chi connectivity index (χ0v) is 46.2. The molecular formula is C74H60N6. The summed E-state index contributed by atoms with van der Waals surface area (Å²) in [6, 6.07) is 73.5. The highest BCUT2D eigenvalue weighted by Gasteiger charge is 2.25. The minimum atomic E-state index is 0.367. The number of aromatic nitrogens is 6. The highest BCUT2D eigenvalue weighted by atomic mass is 15.1. The number of imidazole rings is 1. The van der Waals surface area contributed by atoms with Gasteiger partial charge in [-0.2, -0.15) is 0 Å². The normalized spacial score (nSPS) is 11.9. The molecule has 14 rings (SSSR count). The summed E-state index contributed by atoms with van der Waals surface area (Å²) in [4.78, 5) is 19.3. The first-order valence-corrected chi connectivity index (χ1v) is 28.0. The fourth-order valence-electron chi connectivity index (χ4n) is 13.0. The lowest BCUT2D eigenvalue weighted by Crippen LogP contribution is -2.01. The first-order valence-electron chi connectivity index (χ1n) is 28.0. The van der Waals surface area contributed by atoms with E-state index in [0.717, 1.165) is 94.6 Å². The molecule has 5 aromatic heterocycles. The zero-order chi connectivity index (χ0) is 54.3. The fraction of sp³-hybridized carbons (Fsp3) is 0.122. The number of H-pyrrole nitrogens is 1. The van der Waals surface area contributed by atoms with Crippen molar-refractivity contribution in [2.75, 3.05) is 0 Å². The average Bonchev–Trinajstić information content (AvgIpc) is 4.39. The smallest absolute Gasteiger partial charge is 0.147 e. The lowest BCUT2D eigenvalue weighted by atomic mass is 9.85. The summed E-state index contributed by atoms with van der Waals surface area (Å²) in [5.74, 6) is 2.44. The van der Waals surface area contributed by atoms with E-state index in [4.69, 9.17) is 9.97 Å². The lowest BCUT2D eigenvalue weighted by molar-refractivity contribution is 0.838. The van der Waals surface area contributed by atoms with Gasteiger partial charge in [-0.15, -0.1) is 0 Å². The Kier molecular flexibility index (Phi) is 11.8. The second kappa shape index (κ2) is 19.4. The van der Waals surface area contributed by atoms with E-state index in [0.29, 0.717) is 11.8 Å². The van der Waals surface area contributed by atoms with Crippen molar-refractivity contribution in [2.45, 2.75) is 60.3 Å². The number of para-hydroxylation sites is 2. The van der Waals surface area contributed by atoms with Crippen LogP contribution in [0.5, 0.6) is 0 Å². The molecule has 0 aliphatic heterocycles. The summed E-state index contributed by atoms with van der Waals surface area (Å²) >= 11 is 0. The second-order valence-electron chi connectivity index (χ2n) is 22.3. The number of rotatable bonds is 10. The predicted molar refractivity (Wildman–Crippen MR) is 335 cm³/mol. The molecule has 6 heteroatoms. The van der Waals surface area contributed by atoms with Crippen molar-refractivity contribution < 1.29 is 0 Å². The van der Waals surface area contributed by atoms with Crippen molar-refractivity contribution >= 4 is 54.6 Å². The molecule has 0 atom stereocenters. The Hall–Kier alpha value is -9.65. The number of hydrogen-bond donors (Lipinski definition) is 1. The summed E-state index contributed by atoms with van der Waals surface area (Å²) in [5, 5.41) is 4.68. The molecule has 80 heavy (non-hydrogen) atoms. The molecule has 0 bridgehead atoms. The second-order valence-corrected chi connectivity index (χ2v) is 22.3. The van der Waals surface area contributed by atoms with Gasteiger partial charge in [0, 0.05) is 62.5 Å². The molecule has 0 saturated heterocycles. The Labute approximate surface area is 466 Å². The highest BCUT2D eigenvalue weighted by molar-refractivity contribution is 6.18. The van der Waals surface area contributed by atoms with E-state index < -0.39 is 0 Å². The fourth-order valence-corrected chi connectivity index (χ4v) is 13.0. The van der Waals surface area contributed by atoms with Gasteiger partial charge in [-0.05, 0) is 178 Å². The van der Waals surface area contributed by atoms with Gasteiger partial charge in [-0.3, -0.25) is 14.1 Å². The number of aryl methyl sites for hydroxylation is 3. The molecule has 0 unspecified atom stereocenters. The third-order valence-electron chi connectivity index (χ3n) is 16.5. The Morgan fingerprint density at radius 1 is 0.425 bits per heavy atom. The first kappa shape index (κ1) is 48.7. The largest absolute Gasteiger partial charge is 0.354 e. The molecule has 0 aliphatic rings. The molecule has 5 heterocycles. The van der Waals surface area contributed by atoms with Crippen LogP contribution in [0.4, 0.5) is 0 Å². The van der Waals surface area contributed by atoms with Crippen LogP contribution in [0.25, 0.3) is 133 Å². The molecule has 0 spiro atoms. The summed E-state index contributed by atoms with van der Waals surface area (Å²) in [7, 11) is 0. The van der Waals surface area contributed by atoms with Gasteiger partial charge < -0.3 is 4.98 Å². The van der Waals surface area contributed by atoms with Crippen LogP contribution in [-0.2, 0) is 0 Å².